The number of aryl methyl sites for hydroxylation is 2. The number of pyridine rings is 1. The van der Waals surface area contributed by atoms with Crippen LogP contribution in [0.4, 0.5) is 10.2 Å². The molecule has 0 aliphatic carbocycles. The van der Waals surface area contributed by atoms with Crippen molar-refractivity contribution >= 4 is 28.5 Å². The summed E-state index contributed by atoms with van der Waals surface area (Å²) in [5, 5.41) is 14.1. The summed E-state index contributed by atoms with van der Waals surface area (Å²) in [5.41, 5.74) is 8.18. The van der Waals surface area contributed by atoms with Gasteiger partial charge in [-0.3, -0.25) is 4.79 Å². The maximum atomic E-state index is 14.2. The molecule has 0 spiro atoms. The molecule has 0 radical (unpaired) electrons. The summed E-state index contributed by atoms with van der Waals surface area (Å²) in [6, 6.07) is 7.69. The second kappa shape index (κ2) is 8.21. The van der Waals surface area contributed by atoms with Gasteiger partial charge in [0.25, 0.3) is 5.56 Å². The Bertz CT molecular complexity index is 1290. The van der Waals surface area contributed by atoms with E-state index in [1.807, 2.05) is 6.07 Å². The Labute approximate surface area is 175 Å². The fourth-order valence-corrected chi connectivity index (χ4v) is 3.46. The van der Waals surface area contributed by atoms with Gasteiger partial charge in [-0.1, -0.05) is 6.07 Å². The molecule has 30 heavy (non-hydrogen) atoms. The molecule has 0 aliphatic rings. The Morgan fingerprint density at radius 2 is 1.93 bits per heavy atom. The van der Waals surface area contributed by atoms with Gasteiger partial charge in [-0.15, -0.1) is 0 Å². The fraction of sp³-hybridized carbons (Fsp3) is 0.200. The molecule has 3 heterocycles. The highest BCUT2D eigenvalue weighted by Crippen LogP contribution is 2.20. The molecule has 1 aromatic carbocycles. The van der Waals surface area contributed by atoms with E-state index in [1.165, 1.54) is 22.8 Å². The highest BCUT2D eigenvalue weighted by Gasteiger charge is 2.11. The molecule has 3 N–H and O–H groups in total. The molecule has 0 unspecified atom stereocenters. The summed E-state index contributed by atoms with van der Waals surface area (Å²) >= 11 is 5.89. The third kappa shape index (κ3) is 4.17. The minimum Gasteiger partial charge on any atom is -0.392 e. The average Bonchev–Trinajstić information content (AvgIpc) is 3.10. The van der Waals surface area contributed by atoms with Crippen molar-refractivity contribution in [2.24, 2.45) is 0 Å². The SMILES string of the molecule is Nc1nc(Cl)nc2c1cnn2Cc1cc(F)cc(CCn2cc(CO)ccc2=O)c1. The molecule has 0 saturated carbocycles. The van der Waals surface area contributed by atoms with Crippen LogP contribution < -0.4 is 11.3 Å². The van der Waals surface area contributed by atoms with E-state index in [1.54, 1.807) is 23.1 Å². The van der Waals surface area contributed by atoms with E-state index in [9.17, 15) is 14.3 Å². The molecule has 4 rings (SSSR count). The molecule has 8 nitrogen and oxygen atoms in total. The highest BCUT2D eigenvalue weighted by molar-refractivity contribution is 6.28. The highest BCUT2D eigenvalue weighted by atomic mass is 35.5. The lowest BCUT2D eigenvalue weighted by atomic mass is 10.1. The van der Waals surface area contributed by atoms with Crippen LogP contribution in [0, 0.1) is 5.82 Å². The van der Waals surface area contributed by atoms with Crippen LogP contribution in [0.15, 0.2) is 47.5 Å². The number of hydrogen-bond acceptors (Lipinski definition) is 6. The van der Waals surface area contributed by atoms with E-state index in [0.29, 0.717) is 35.1 Å². The summed E-state index contributed by atoms with van der Waals surface area (Å²) in [4.78, 5) is 20.1. The van der Waals surface area contributed by atoms with Gasteiger partial charge in [0, 0.05) is 18.8 Å². The number of rotatable bonds is 6. The first-order chi connectivity index (χ1) is 14.4. The third-order valence-electron chi connectivity index (χ3n) is 4.72. The van der Waals surface area contributed by atoms with Gasteiger partial charge in [0.05, 0.1) is 24.7 Å². The summed E-state index contributed by atoms with van der Waals surface area (Å²) in [5.74, 6) is -0.158. The van der Waals surface area contributed by atoms with Crippen molar-refractivity contribution in [3.8, 4) is 0 Å². The van der Waals surface area contributed by atoms with Gasteiger partial charge in [-0.05, 0) is 52.9 Å². The average molecular weight is 429 g/mol. The predicted molar refractivity (Wildman–Crippen MR) is 111 cm³/mol. The number of fused-ring (bicyclic) bond motifs is 1. The maximum Gasteiger partial charge on any atom is 0.250 e. The Balaban J connectivity index is 1.58. The van der Waals surface area contributed by atoms with Crippen LogP contribution in [0.2, 0.25) is 5.28 Å². The largest absolute Gasteiger partial charge is 0.392 e. The Kier molecular flexibility index (Phi) is 5.47. The van der Waals surface area contributed by atoms with Crippen molar-refractivity contribution in [2.45, 2.75) is 26.1 Å². The van der Waals surface area contributed by atoms with E-state index in [2.05, 4.69) is 15.1 Å². The molecule has 3 aromatic heterocycles. The van der Waals surface area contributed by atoms with E-state index in [4.69, 9.17) is 17.3 Å². The maximum absolute atomic E-state index is 14.2. The number of aliphatic hydroxyl groups is 1. The number of aromatic nitrogens is 5. The molecule has 154 valence electrons. The van der Waals surface area contributed by atoms with Crippen LogP contribution in [0.3, 0.4) is 0 Å². The minimum atomic E-state index is -0.386. The number of nitrogens with zero attached hydrogens (tertiary/aromatic N) is 5. The molecular formula is C20H18ClFN6O2. The van der Waals surface area contributed by atoms with Gasteiger partial charge in [-0.25, -0.2) is 14.1 Å². The van der Waals surface area contributed by atoms with E-state index >= 15 is 0 Å². The van der Waals surface area contributed by atoms with Crippen LogP contribution in [-0.2, 0) is 26.1 Å². The van der Waals surface area contributed by atoms with Gasteiger partial charge in [0.15, 0.2) is 5.65 Å². The van der Waals surface area contributed by atoms with E-state index in [0.717, 1.165) is 5.56 Å². The first-order valence-electron chi connectivity index (χ1n) is 9.16. The standard InChI is InChI=1S/C20H18ClFN6O2/c21-20-25-18(23)16-8-24-28(19(16)26-20)10-14-5-12(6-15(22)7-14)3-4-27-9-13(11-29)1-2-17(27)30/h1-2,5-9,29H,3-4,10-11H2,(H2,23,25,26). The zero-order valence-corrected chi connectivity index (χ0v) is 16.6. The number of nitrogens with two attached hydrogens (primary N) is 1. The molecule has 0 fully saturated rings. The second-order valence-corrected chi connectivity index (χ2v) is 7.20. The lowest BCUT2D eigenvalue weighted by Gasteiger charge is -2.10. The summed E-state index contributed by atoms with van der Waals surface area (Å²) in [7, 11) is 0. The first-order valence-corrected chi connectivity index (χ1v) is 9.54. The van der Waals surface area contributed by atoms with Crippen LogP contribution in [0.1, 0.15) is 16.7 Å². The predicted octanol–water partition coefficient (Wildman–Crippen LogP) is 2.15. The normalized spacial score (nSPS) is 11.3. The zero-order chi connectivity index (χ0) is 21.3. The fourth-order valence-electron chi connectivity index (χ4n) is 3.29. The smallest absolute Gasteiger partial charge is 0.250 e. The number of benzene rings is 1. The summed E-state index contributed by atoms with van der Waals surface area (Å²) < 4.78 is 17.3. The van der Waals surface area contributed by atoms with Crippen molar-refractivity contribution in [3.05, 3.63) is 80.9 Å². The Morgan fingerprint density at radius 3 is 2.73 bits per heavy atom. The molecule has 0 amide bonds. The lowest BCUT2D eigenvalue weighted by Crippen LogP contribution is -2.20. The summed E-state index contributed by atoms with van der Waals surface area (Å²) in [6.07, 6.45) is 3.59. The Hall–Kier alpha value is -3.30. The summed E-state index contributed by atoms with van der Waals surface area (Å²) in [6.45, 7) is 0.473. The molecule has 0 saturated heterocycles. The topological polar surface area (TPSA) is 112 Å². The Morgan fingerprint density at radius 1 is 1.13 bits per heavy atom. The van der Waals surface area contributed by atoms with Crippen LogP contribution in [-0.4, -0.2) is 29.4 Å². The number of anilines is 1. The van der Waals surface area contributed by atoms with E-state index < -0.39 is 0 Å². The number of halogens is 2. The lowest BCUT2D eigenvalue weighted by molar-refractivity contribution is 0.280. The minimum absolute atomic E-state index is 0.0113. The van der Waals surface area contributed by atoms with Crippen LogP contribution in [0.5, 0.6) is 0 Å². The van der Waals surface area contributed by atoms with Gasteiger partial charge in [-0.2, -0.15) is 10.1 Å². The van der Waals surface area contributed by atoms with Crippen molar-refractivity contribution in [3.63, 3.8) is 0 Å². The number of hydrogen-bond donors (Lipinski definition) is 2. The van der Waals surface area contributed by atoms with Gasteiger partial charge < -0.3 is 15.4 Å². The molecule has 0 atom stereocenters. The third-order valence-corrected chi connectivity index (χ3v) is 4.89. The van der Waals surface area contributed by atoms with Crippen LogP contribution in [0.25, 0.3) is 11.0 Å². The molecular weight excluding hydrogens is 411 g/mol. The molecule has 0 bridgehead atoms. The van der Waals surface area contributed by atoms with Gasteiger partial charge in [0.2, 0.25) is 5.28 Å². The first kappa shape index (κ1) is 20.0. The molecule has 4 aromatic rings. The number of aliphatic hydroxyl groups excluding tert-OH is 1. The van der Waals surface area contributed by atoms with Gasteiger partial charge in [0.1, 0.15) is 11.6 Å². The van der Waals surface area contributed by atoms with Crippen molar-refractivity contribution in [2.75, 3.05) is 5.73 Å². The quantitative estimate of drug-likeness (QED) is 0.455. The van der Waals surface area contributed by atoms with Crippen molar-refractivity contribution in [1.82, 2.24) is 24.3 Å². The zero-order valence-electron chi connectivity index (χ0n) is 15.8. The van der Waals surface area contributed by atoms with Gasteiger partial charge >= 0.3 is 0 Å². The second-order valence-electron chi connectivity index (χ2n) is 6.86. The number of nitrogen functional groups attached to an aromatic ring is 1. The monoisotopic (exact) mass is 428 g/mol. The molecule has 0 aliphatic heterocycles. The van der Waals surface area contributed by atoms with Crippen molar-refractivity contribution < 1.29 is 9.50 Å². The van der Waals surface area contributed by atoms with Crippen LogP contribution >= 0.6 is 11.6 Å². The van der Waals surface area contributed by atoms with Crippen molar-refractivity contribution in [1.29, 1.82) is 0 Å². The van der Waals surface area contributed by atoms with E-state index in [-0.39, 0.29) is 35.6 Å². The molecule has 10 heteroatoms.